The number of carbonyl (C=O) groups is 1. The van der Waals surface area contributed by atoms with E-state index in [2.05, 4.69) is 15.6 Å². The van der Waals surface area contributed by atoms with Gasteiger partial charge in [0.2, 0.25) is 5.88 Å². The first-order valence-corrected chi connectivity index (χ1v) is 18.0. The summed E-state index contributed by atoms with van der Waals surface area (Å²) in [7, 11) is 1.96. The minimum atomic E-state index is -0.267. The molecule has 5 aromatic rings. The van der Waals surface area contributed by atoms with Crippen LogP contribution in [0.25, 0.3) is 11.0 Å². The molecule has 0 radical (unpaired) electrons. The molecule has 11 heteroatoms. The van der Waals surface area contributed by atoms with Crippen molar-refractivity contribution in [1.82, 2.24) is 25.2 Å². The van der Waals surface area contributed by atoms with Crippen LogP contribution in [0.5, 0.6) is 23.1 Å². The van der Waals surface area contributed by atoms with Gasteiger partial charge in [0.15, 0.2) is 0 Å². The maximum Gasteiger partial charge on any atom is 0.315 e. The molecule has 3 aromatic carbocycles. The van der Waals surface area contributed by atoms with E-state index in [4.69, 9.17) is 14.5 Å². The van der Waals surface area contributed by atoms with Crippen LogP contribution in [0.2, 0.25) is 0 Å². The third-order valence-electron chi connectivity index (χ3n) is 10.6. The van der Waals surface area contributed by atoms with Crippen LogP contribution in [-0.2, 0) is 26.5 Å². The fourth-order valence-electron chi connectivity index (χ4n) is 8.65. The lowest BCUT2D eigenvalue weighted by molar-refractivity contribution is -0.0135. The summed E-state index contributed by atoms with van der Waals surface area (Å²) >= 11 is 1.01. The lowest BCUT2D eigenvalue weighted by atomic mass is 9.53. The van der Waals surface area contributed by atoms with Crippen molar-refractivity contribution in [3.8, 4) is 23.1 Å². The maximum absolute atomic E-state index is 12.8. The minimum Gasteiger partial charge on any atom is -0.494 e. The third kappa shape index (κ3) is 6.90. The van der Waals surface area contributed by atoms with E-state index in [0.717, 1.165) is 88.5 Å². The summed E-state index contributed by atoms with van der Waals surface area (Å²) in [5.41, 5.74) is 3.92. The number of amides is 2. The standard InChI is InChI=1S/C38H41N5O5S/c1-43-32-18-30(10-11-31(32)40-34(43)22-47-28-6-4-24(5-7-28)17-33-35(44)41-37(46)49-33)48-29-8-2-23(3-9-29)12-13-39-36(45)42-38-19-25-14-26(20-38)16-27(15-25)21-38/h2-11,18,25-27,44H,12-17,19-22H2,1H3,(H,41,46)(H2,39,42,45). The number of urea groups is 1. The largest absolute Gasteiger partial charge is 0.494 e. The zero-order valence-electron chi connectivity index (χ0n) is 27.5. The van der Waals surface area contributed by atoms with Crippen molar-refractivity contribution >= 4 is 28.4 Å². The molecule has 2 heterocycles. The quantitative estimate of drug-likeness (QED) is 0.122. The molecule has 4 fully saturated rings. The first-order chi connectivity index (χ1) is 23.8. The molecule has 10 nitrogen and oxygen atoms in total. The number of hydrogen-bond acceptors (Lipinski definition) is 7. The Bertz CT molecular complexity index is 1990. The van der Waals surface area contributed by atoms with Crippen molar-refractivity contribution in [2.45, 2.75) is 63.5 Å². The number of ether oxygens (including phenoxy) is 2. The number of aromatic nitrogens is 3. The molecule has 4 aliphatic carbocycles. The van der Waals surface area contributed by atoms with E-state index in [0.29, 0.717) is 35.9 Å². The number of fused-ring (bicyclic) bond motifs is 1. The van der Waals surface area contributed by atoms with Crippen LogP contribution in [0.3, 0.4) is 0 Å². The van der Waals surface area contributed by atoms with Gasteiger partial charge in [0.25, 0.3) is 0 Å². The molecule has 0 saturated heterocycles. The number of aryl methyl sites for hydroxylation is 1. The van der Waals surface area contributed by atoms with Crippen LogP contribution in [0.15, 0.2) is 71.5 Å². The predicted octanol–water partition coefficient (Wildman–Crippen LogP) is 6.80. The molecule has 0 atom stereocenters. The van der Waals surface area contributed by atoms with Gasteiger partial charge in [0.05, 0.1) is 15.9 Å². The molecule has 0 unspecified atom stereocenters. The lowest BCUT2D eigenvalue weighted by Crippen LogP contribution is -2.61. The van der Waals surface area contributed by atoms with Gasteiger partial charge in [0, 0.05) is 31.6 Å². The van der Waals surface area contributed by atoms with Gasteiger partial charge in [-0.15, -0.1) is 0 Å². The number of aromatic hydroxyl groups is 1. The monoisotopic (exact) mass is 679 g/mol. The second-order valence-electron chi connectivity index (χ2n) is 14.2. The Morgan fingerprint density at radius 1 is 0.959 bits per heavy atom. The number of imidazole rings is 1. The van der Waals surface area contributed by atoms with E-state index in [1.54, 1.807) is 0 Å². The molecule has 4 saturated carbocycles. The summed E-state index contributed by atoms with van der Waals surface area (Å²) in [4.78, 5) is 31.7. The van der Waals surface area contributed by atoms with Gasteiger partial charge in [-0.25, -0.2) is 9.78 Å². The van der Waals surface area contributed by atoms with Crippen LogP contribution in [-0.4, -0.2) is 37.8 Å². The molecule has 9 rings (SSSR count). The van der Waals surface area contributed by atoms with Crippen LogP contribution < -0.4 is 25.0 Å². The highest BCUT2D eigenvalue weighted by molar-refractivity contribution is 7.09. The van der Waals surface area contributed by atoms with Crippen molar-refractivity contribution < 1.29 is 19.4 Å². The molecule has 0 spiro atoms. The van der Waals surface area contributed by atoms with Crippen molar-refractivity contribution in [2.24, 2.45) is 24.8 Å². The second-order valence-corrected chi connectivity index (χ2v) is 15.3. The highest BCUT2D eigenvalue weighted by Crippen LogP contribution is 2.55. The van der Waals surface area contributed by atoms with Gasteiger partial charge in [-0.2, -0.15) is 0 Å². The van der Waals surface area contributed by atoms with Crippen molar-refractivity contribution in [3.05, 3.63) is 98.2 Å². The van der Waals surface area contributed by atoms with Gasteiger partial charge in [-0.3, -0.25) is 9.78 Å². The van der Waals surface area contributed by atoms with Gasteiger partial charge in [-0.05, 0) is 110 Å². The average molecular weight is 680 g/mol. The summed E-state index contributed by atoms with van der Waals surface area (Å²) in [5.74, 6) is 5.29. The van der Waals surface area contributed by atoms with E-state index >= 15 is 0 Å². The van der Waals surface area contributed by atoms with Crippen LogP contribution >= 0.6 is 11.3 Å². The highest BCUT2D eigenvalue weighted by Gasteiger charge is 2.51. The smallest absolute Gasteiger partial charge is 0.315 e. The number of nitrogens with zero attached hydrogens (tertiary/aromatic N) is 2. The number of hydrogen-bond donors (Lipinski definition) is 4. The Kier molecular flexibility index (Phi) is 8.31. The Morgan fingerprint density at radius 2 is 1.61 bits per heavy atom. The lowest BCUT2D eigenvalue weighted by Gasteiger charge is -2.56. The van der Waals surface area contributed by atoms with Gasteiger partial charge in [0.1, 0.15) is 29.7 Å². The fraction of sp³-hybridized carbons (Fsp3) is 0.395. The zero-order chi connectivity index (χ0) is 33.5. The minimum absolute atomic E-state index is 0.0238. The second kappa shape index (κ2) is 12.9. The van der Waals surface area contributed by atoms with Gasteiger partial charge in [-0.1, -0.05) is 35.6 Å². The van der Waals surface area contributed by atoms with E-state index in [1.165, 1.54) is 19.3 Å². The first kappa shape index (κ1) is 31.5. The van der Waals surface area contributed by atoms with Crippen LogP contribution in [0.4, 0.5) is 4.79 Å². The highest BCUT2D eigenvalue weighted by atomic mass is 32.1. The molecule has 4 aliphatic rings. The molecule has 49 heavy (non-hydrogen) atoms. The fourth-order valence-corrected chi connectivity index (χ4v) is 9.41. The molecule has 4 bridgehead atoms. The van der Waals surface area contributed by atoms with Gasteiger partial charge >= 0.3 is 10.9 Å². The molecule has 4 N–H and O–H groups in total. The number of rotatable bonds is 11. The summed E-state index contributed by atoms with van der Waals surface area (Å²) in [5, 5.41) is 16.3. The van der Waals surface area contributed by atoms with Crippen LogP contribution in [0.1, 0.15) is 60.4 Å². The van der Waals surface area contributed by atoms with E-state index in [9.17, 15) is 14.7 Å². The number of nitrogens with one attached hydrogen (secondary N) is 3. The SMILES string of the molecule is Cn1c(COc2ccc(Cc3sc(=O)[nH]c3O)cc2)nc2ccc(Oc3ccc(CCNC(=O)NC45CC6CC(CC(C6)C4)C5)cc3)cc21. The number of H-pyrrole nitrogens is 1. The van der Waals surface area contributed by atoms with Crippen molar-refractivity contribution in [2.75, 3.05) is 6.54 Å². The Hall–Kier alpha value is -4.77. The maximum atomic E-state index is 12.8. The average Bonchev–Trinajstić information content (AvgIpc) is 3.56. The Balaban J connectivity index is 0.820. The first-order valence-electron chi connectivity index (χ1n) is 17.2. The number of carbonyl (C=O) groups excluding carboxylic acids is 1. The molecule has 2 aromatic heterocycles. The number of benzene rings is 3. The Morgan fingerprint density at radius 3 is 2.29 bits per heavy atom. The molecule has 254 valence electrons. The summed E-state index contributed by atoms with van der Waals surface area (Å²) < 4.78 is 14.2. The molecule has 0 aliphatic heterocycles. The molecular weight excluding hydrogens is 639 g/mol. The van der Waals surface area contributed by atoms with Crippen LogP contribution in [0, 0.1) is 17.8 Å². The molecular formula is C38H41N5O5S. The van der Waals surface area contributed by atoms with E-state index in [1.807, 2.05) is 78.3 Å². The van der Waals surface area contributed by atoms with E-state index < -0.39 is 0 Å². The van der Waals surface area contributed by atoms with Crippen molar-refractivity contribution in [1.29, 1.82) is 0 Å². The van der Waals surface area contributed by atoms with E-state index in [-0.39, 0.29) is 22.3 Å². The normalized spacial score (nSPS) is 22.3. The molecule has 2 amide bonds. The summed E-state index contributed by atoms with van der Waals surface area (Å²) in [6.45, 7) is 0.887. The Labute approximate surface area is 288 Å². The third-order valence-corrected chi connectivity index (χ3v) is 11.4. The van der Waals surface area contributed by atoms with Gasteiger partial charge < -0.3 is 29.8 Å². The zero-order valence-corrected chi connectivity index (χ0v) is 28.4. The summed E-state index contributed by atoms with van der Waals surface area (Å²) in [6, 6.07) is 21.4. The summed E-state index contributed by atoms with van der Waals surface area (Å²) in [6.07, 6.45) is 8.79. The topological polar surface area (TPSA) is 130 Å². The predicted molar refractivity (Wildman–Crippen MR) is 189 cm³/mol. The number of thiazole rings is 1. The number of aromatic amines is 1. The van der Waals surface area contributed by atoms with Crippen molar-refractivity contribution in [3.63, 3.8) is 0 Å².